The molecule has 0 bridgehead atoms. The monoisotopic (exact) mass is 653 g/mol. The Kier molecular flexibility index (Phi) is 8.23. The van der Waals surface area contributed by atoms with Gasteiger partial charge in [-0.15, -0.1) is 11.3 Å². The summed E-state index contributed by atoms with van der Waals surface area (Å²) in [7, 11) is 0. The van der Waals surface area contributed by atoms with Crippen LogP contribution in [0.2, 0.25) is 0 Å². The summed E-state index contributed by atoms with van der Waals surface area (Å²) < 4.78 is 7.36. The number of carboxylic acid groups (broad SMARTS) is 1. The topological polar surface area (TPSA) is 141 Å². The van der Waals surface area contributed by atoms with Crippen LogP contribution in [0.25, 0.3) is 43.6 Å². The van der Waals surface area contributed by atoms with Crippen LogP contribution in [0, 0.1) is 24.0 Å². The highest BCUT2D eigenvalue weighted by Gasteiger charge is 2.30. The molecule has 4 heterocycles. The average molecular weight is 654 g/mol. The molecule has 5 aromatic rings. The molecule has 0 unspecified atom stereocenters. The molecule has 2 aromatic carbocycles. The molecule has 1 saturated heterocycles. The van der Waals surface area contributed by atoms with Crippen molar-refractivity contribution in [2.24, 2.45) is 0 Å². The lowest BCUT2D eigenvalue weighted by Crippen LogP contribution is -2.42. The number of amides is 1. The van der Waals surface area contributed by atoms with Crippen LogP contribution in [-0.4, -0.2) is 67.6 Å². The Bertz CT molecular complexity index is 2050. The second kappa shape index (κ2) is 12.5. The first-order chi connectivity index (χ1) is 22.7. The predicted octanol–water partition coefficient (Wildman–Crippen LogP) is 7.11. The number of benzene rings is 2. The van der Waals surface area contributed by atoms with Crippen LogP contribution in [0.15, 0.2) is 42.5 Å². The molecule has 242 valence electrons. The van der Waals surface area contributed by atoms with E-state index in [0.717, 1.165) is 64.3 Å². The Morgan fingerprint density at radius 3 is 2.49 bits per heavy atom. The van der Waals surface area contributed by atoms with E-state index in [1.165, 1.54) is 11.3 Å². The Morgan fingerprint density at radius 1 is 1.04 bits per heavy atom. The van der Waals surface area contributed by atoms with Crippen molar-refractivity contribution >= 4 is 50.7 Å². The summed E-state index contributed by atoms with van der Waals surface area (Å²) in [5.74, 6) is -1.02. The molecule has 1 aliphatic heterocycles. The van der Waals surface area contributed by atoms with Gasteiger partial charge in [0, 0.05) is 35.5 Å². The summed E-state index contributed by atoms with van der Waals surface area (Å²) >= 11 is 1.50. The van der Waals surface area contributed by atoms with Crippen molar-refractivity contribution in [3.63, 3.8) is 0 Å². The maximum Gasteiger partial charge on any atom is 0.335 e. The number of nitro benzene ring substituents is 1. The maximum absolute atomic E-state index is 13.8. The van der Waals surface area contributed by atoms with Crippen molar-refractivity contribution in [1.29, 1.82) is 0 Å². The van der Waals surface area contributed by atoms with Crippen molar-refractivity contribution < 1.29 is 24.4 Å². The van der Waals surface area contributed by atoms with E-state index in [1.807, 2.05) is 42.7 Å². The summed E-state index contributed by atoms with van der Waals surface area (Å²) in [5, 5.41) is 25.0. The molecular weight excluding hydrogens is 618 g/mol. The van der Waals surface area contributed by atoms with Crippen LogP contribution in [0.5, 0.6) is 0 Å². The quantitative estimate of drug-likeness (QED) is 0.145. The maximum atomic E-state index is 13.8. The average Bonchev–Trinajstić information content (AvgIpc) is 3.59. The van der Waals surface area contributed by atoms with Crippen molar-refractivity contribution in [3.8, 4) is 21.8 Å². The Balaban J connectivity index is 1.48. The van der Waals surface area contributed by atoms with E-state index in [9.17, 15) is 24.8 Å². The third-order valence-corrected chi connectivity index (χ3v) is 10.5. The van der Waals surface area contributed by atoms with Crippen molar-refractivity contribution in [2.75, 3.05) is 26.3 Å². The number of aromatic nitrogens is 3. The molecule has 47 heavy (non-hydrogen) atoms. The fourth-order valence-electron chi connectivity index (χ4n) is 7.22. The molecule has 1 amide bonds. The van der Waals surface area contributed by atoms with Gasteiger partial charge in [0.25, 0.3) is 5.69 Å². The number of carbonyl (C=O) groups excluding carboxylic acids is 1. The first-order valence-corrected chi connectivity index (χ1v) is 16.8. The lowest BCUT2D eigenvalue weighted by Gasteiger charge is -2.28. The van der Waals surface area contributed by atoms with E-state index in [2.05, 4.69) is 4.98 Å². The molecule has 1 N–H and O–H groups in total. The molecule has 2 aliphatic rings. The summed E-state index contributed by atoms with van der Waals surface area (Å²) in [6, 6.07) is 12.3. The van der Waals surface area contributed by atoms with Gasteiger partial charge in [-0.25, -0.2) is 14.8 Å². The molecule has 1 saturated carbocycles. The number of pyridine rings is 1. The third-order valence-electron chi connectivity index (χ3n) is 9.40. The van der Waals surface area contributed by atoms with Crippen molar-refractivity contribution in [1.82, 2.24) is 19.4 Å². The van der Waals surface area contributed by atoms with Crippen LogP contribution in [-0.2, 0) is 16.1 Å². The predicted molar refractivity (Wildman–Crippen MR) is 180 cm³/mol. The second-order valence-electron chi connectivity index (χ2n) is 12.4. The minimum atomic E-state index is -1.06. The number of nitro groups is 1. The highest BCUT2D eigenvalue weighted by atomic mass is 32.1. The molecule has 3 aromatic heterocycles. The van der Waals surface area contributed by atoms with Crippen LogP contribution >= 0.6 is 11.3 Å². The lowest BCUT2D eigenvalue weighted by atomic mass is 9.81. The molecule has 12 heteroatoms. The first kappa shape index (κ1) is 30.9. The number of aryl methyl sites for hydroxylation is 2. The van der Waals surface area contributed by atoms with E-state index in [1.54, 1.807) is 23.1 Å². The standard InChI is InChI=1S/C35H35N5O6S/c1-20-34(47-21(2)36-20)27-11-9-23-16-25(18-29(40(44)45)32(23)37-27)33-31(22-6-4-3-5-7-22)26-10-8-24(35(42)43)17-28(26)39(33)19-30(41)38-12-14-46-15-13-38/h8-11,16-18,22H,3-7,12-15,19H2,1-2H3,(H,42,43). The number of nitrogens with zero attached hydrogens (tertiary/aromatic N) is 5. The molecule has 0 atom stereocenters. The Labute approximate surface area is 275 Å². The summed E-state index contributed by atoms with van der Waals surface area (Å²) in [4.78, 5) is 50.1. The number of hydrogen-bond acceptors (Lipinski definition) is 8. The van der Waals surface area contributed by atoms with Gasteiger partial charge < -0.3 is 19.3 Å². The molecular formula is C35H35N5O6S. The molecule has 2 fully saturated rings. The van der Waals surface area contributed by atoms with Crippen LogP contribution in [0.4, 0.5) is 5.69 Å². The van der Waals surface area contributed by atoms with E-state index in [0.29, 0.717) is 48.5 Å². The smallest absolute Gasteiger partial charge is 0.335 e. The fourth-order valence-corrected chi connectivity index (χ4v) is 8.11. The number of thiazole rings is 1. The molecule has 11 nitrogen and oxygen atoms in total. The van der Waals surface area contributed by atoms with Gasteiger partial charge in [0.1, 0.15) is 12.1 Å². The van der Waals surface area contributed by atoms with Gasteiger partial charge in [-0.05, 0) is 62.4 Å². The van der Waals surface area contributed by atoms with Crippen LogP contribution in [0.1, 0.15) is 64.6 Å². The number of fused-ring (bicyclic) bond motifs is 2. The number of non-ortho nitro benzene ring substituents is 1. The number of morpholine rings is 1. The Morgan fingerprint density at radius 2 is 1.81 bits per heavy atom. The zero-order valence-electron chi connectivity index (χ0n) is 26.3. The minimum Gasteiger partial charge on any atom is -0.478 e. The van der Waals surface area contributed by atoms with Gasteiger partial charge in [0.05, 0.1) is 56.2 Å². The number of aromatic carboxylic acids is 1. The van der Waals surface area contributed by atoms with E-state index in [-0.39, 0.29) is 35.1 Å². The van der Waals surface area contributed by atoms with E-state index < -0.39 is 10.9 Å². The van der Waals surface area contributed by atoms with Gasteiger partial charge in [-0.2, -0.15) is 0 Å². The number of carbonyl (C=O) groups is 2. The SMILES string of the molecule is Cc1nc(C)c(-c2ccc3cc(-c4c(C5CCCCC5)c5ccc(C(=O)O)cc5n4CC(=O)N4CCOCC4)cc([N+](=O)[O-])c3n2)s1. The molecule has 0 spiro atoms. The molecule has 7 rings (SSSR count). The van der Waals surface area contributed by atoms with Gasteiger partial charge in [0.2, 0.25) is 5.91 Å². The summed E-state index contributed by atoms with van der Waals surface area (Å²) in [5.41, 5.74) is 4.70. The summed E-state index contributed by atoms with van der Waals surface area (Å²) in [6.07, 6.45) is 5.13. The zero-order valence-corrected chi connectivity index (χ0v) is 27.1. The summed E-state index contributed by atoms with van der Waals surface area (Å²) in [6.45, 7) is 5.64. The number of rotatable bonds is 7. The first-order valence-electron chi connectivity index (χ1n) is 16.0. The largest absolute Gasteiger partial charge is 0.478 e. The van der Waals surface area contributed by atoms with Gasteiger partial charge in [-0.1, -0.05) is 31.4 Å². The van der Waals surface area contributed by atoms with Gasteiger partial charge in [-0.3, -0.25) is 14.9 Å². The molecule has 1 aliphatic carbocycles. The van der Waals surface area contributed by atoms with Gasteiger partial charge in [0.15, 0.2) is 0 Å². The number of ether oxygens (including phenoxy) is 1. The third kappa shape index (κ3) is 5.76. The van der Waals surface area contributed by atoms with E-state index >= 15 is 0 Å². The highest BCUT2D eigenvalue weighted by Crippen LogP contribution is 2.46. The highest BCUT2D eigenvalue weighted by molar-refractivity contribution is 7.15. The van der Waals surface area contributed by atoms with Crippen LogP contribution < -0.4 is 0 Å². The minimum absolute atomic E-state index is 0.0331. The fraction of sp³-hybridized carbons (Fsp3) is 0.371. The zero-order chi connectivity index (χ0) is 32.8. The van der Waals surface area contributed by atoms with Crippen molar-refractivity contribution in [2.45, 2.75) is 58.4 Å². The second-order valence-corrected chi connectivity index (χ2v) is 13.6. The number of carboxylic acids is 1. The van der Waals surface area contributed by atoms with Crippen molar-refractivity contribution in [3.05, 3.63) is 74.4 Å². The lowest BCUT2D eigenvalue weighted by molar-refractivity contribution is -0.383. The van der Waals surface area contributed by atoms with Crippen LogP contribution in [0.3, 0.4) is 0 Å². The Hall–Kier alpha value is -4.68. The molecule has 0 radical (unpaired) electrons. The normalized spacial score (nSPS) is 15.8. The van der Waals surface area contributed by atoms with E-state index in [4.69, 9.17) is 9.72 Å². The van der Waals surface area contributed by atoms with Gasteiger partial charge >= 0.3 is 5.97 Å². The number of hydrogen-bond donors (Lipinski definition) is 1.